The van der Waals surface area contributed by atoms with Gasteiger partial charge in [0, 0.05) is 24.7 Å². The summed E-state index contributed by atoms with van der Waals surface area (Å²) in [6.45, 7) is 2.23. The number of nitrogens with zero attached hydrogens (tertiary/aromatic N) is 1. The number of hydrogen-bond donors (Lipinski definition) is 0. The second-order valence-electron chi connectivity index (χ2n) is 5.56. The van der Waals surface area contributed by atoms with E-state index in [0.717, 1.165) is 25.5 Å². The van der Waals surface area contributed by atoms with Crippen molar-refractivity contribution in [1.29, 1.82) is 0 Å². The first-order chi connectivity index (χ1) is 9.63. The van der Waals surface area contributed by atoms with Crippen molar-refractivity contribution in [1.82, 2.24) is 4.90 Å². The van der Waals surface area contributed by atoms with E-state index < -0.39 is 0 Å². The van der Waals surface area contributed by atoms with Gasteiger partial charge in [-0.05, 0) is 43.4 Å². The summed E-state index contributed by atoms with van der Waals surface area (Å²) in [5.74, 6) is 0.717. The van der Waals surface area contributed by atoms with E-state index >= 15 is 0 Å². The van der Waals surface area contributed by atoms with Gasteiger partial charge in [0.1, 0.15) is 0 Å². The molecule has 2 fully saturated rings. The highest BCUT2D eigenvalue weighted by molar-refractivity contribution is 6.36. The third kappa shape index (κ3) is 3.27. The summed E-state index contributed by atoms with van der Waals surface area (Å²) in [6.07, 6.45) is 3.65. The first kappa shape index (κ1) is 14.2. The highest BCUT2D eigenvalue weighted by Gasteiger charge is 2.30. The number of carbonyl (C=O) groups is 1. The number of likely N-dealkylation sites (tertiary alicyclic amines) is 1. The predicted octanol–water partition coefficient (Wildman–Crippen LogP) is 3.63. The fourth-order valence-corrected chi connectivity index (χ4v) is 2.93. The molecule has 0 bridgehead atoms. The molecule has 0 N–H and O–H groups in total. The first-order valence-corrected chi connectivity index (χ1v) is 7.75. The highest BCUT2D eigenvalue weighted by Crippen LogP contribution is 2.30. The molecule has 1 saturated carbocycles. The van der Waals surface area contributed by atoms with Crippen molar-refractivity contribution < 1.29 is 9.53 Å². The molecule has 1 aromatic rings. The van der Waals surface area contributed by atoms with Crippen LogP contribution >= 0.6 is 23.2 Å². The summed E-state index contributed by atoms with van der Waals surface area (Å²) in [4.78, 5) is 14.2. The number of benzene rings is 1. The predicted molar refractivity (Wildman–Crippen MR) is 79.4 cm³/mol. The minimum atomic E-state index is -0.0378. The molecule has 3 nitrogen and oxygen atoms in total. The van der Waals surface area contributed by atoms with Gasteiger partial charge >= 0.3 is 0 Å². The maximum atomic E-state index is 12.4. The van der Waals surface area contributed by atoms with Crippen molar-refractivity contribution in [3.8, 4) is 0 Å². The van der Waals surface area contributed by atoms with Crippen LogP contribution in [0.4, 0.5) is 0 Å². The molecular formula is C15H17Cl2NO2. The third-order valence-electron chi connectivity index (χ3n) is 3.86. The smallest absolute Gasteiger partial charge is 0.255 e. The molecule has 1 aliphatic heterocycles. The largest absolute Gasteiger partial charge is 0.376 e. The van der Waals surface area contributed by atoms with Crippen molar-refractivity contribution in [2.75, 3.05) is 19.7 Å². The lowest BCUT2D eigenvalue weighted by molar-refractivity contribution is 0.0480. The number of hydrogen-bond acceptors (Lipinski definition) is 2. The molecular weight excluding hydrogens is 297 g/mol. The van der Waals surface area contributed by atoms with Gasteiger partial charge in [-0.1, -0.05) is 23.2 Å². The molecule has 0 radical (unpaired) electrons. The minimum absolute atomic E-state index is 0.0378. The third-order valence-corrected chi connectivity index (χ3v) is 4.41. The van der Waals surface area contributed by atoms with E-state index in [1.165, 1.54) is 12.8 Å². The van der Waals surface area contributed by atoms with Crippen LogP contribution in [0.25, 0.3) is 0 Å². The topological polar surface area (TPSA) is 29.5 Å². The molecule has 1 aromatic carbocycles. The molecule has 5 heteroatoms. The molecule has 1 amide bonds. The molecule has 1 saturated heterocycles. The van der Waals surface area contributed by atoms with Crippen molar-refractivity contribution >= 4 is 29.1 Å². The standard InChI is InChI=1S/C15H17Cl2NO2/c16-11-3-4-13(14(17)7-11)15(19)18-6-5-12(8-18)20-9-10-1-2-10/h3-4,7,10,12H,1-2,5-6,8-9H2/t12-/m1/s1. The van der Waals surface area contributed by atoms with Crippen LogP contribution in [0.2, 0.25) is 10.0 Å². The summed E-state index contributed by atoms with van der Waals surface area (Å²) in [5.41, 5.74) is 0.513. The molecule has 0 unspecified atom stereocenters. The van der Waals surface area contributed by atoms with Gasteiger partial charge in [-0.2, -0.15) is 0 Å². The Kier molecular flexibility index (Phi) is 4.20. The Bertz CT molecular complexity index is 517. The quantitative estimate of drug-likeness (QED) is 0.849. The van der Waals surface area contributed by atoms with Crippen molar-refractivity contribution in [2.24, 2.45) is 5.92 Å². The number of rotatable bonds is 4. The number of amides is 1. The molecule has 20 heavy (non-hydrogen) atoms. The molecule has 0 aromatic heterocycles. The lowest BCUT2D eigenvalue weighted by Gasteiger charge is -2.17. The number of ether oxygens (including phenoxy) is 1. The SMILES string of the molecule is O=C(c1ccc(Cl)cc1Cl)N1CC[C@@H](OCC2CC2)C1. The molecule has 1 heterocycles. The van der Waals surface area contributed by atoms with Gasteiger partial charge < -0.3 is 9.64 Å². The molecule has 108 valence electrons. The van der Waals surface area contributed by atoms with Gasteiger partial charge in [-0.15, -0.1) is 0 Å². The Balaban J connectivity index is 1.59. The average Bonchev–Trinajstić information content (AvgIpc) is 3.13. The number of carbonyl (C=O) groups excluding carboxylic acids is 1. The van der Waals surface area contributed by atoms with Crippen molar-refractivity contribution in [3.63, 3.8) is 0 Å². The summed E-state index contributed by atoms with van der Waals surface area (Å²) in [7, 11) is 0. The Morgan fingerprint density at radius 3 is 2.80 bits per heavy atom. The molecule has 3 rings (SSSR count). The van der Waals surface area contributed by atoms with E-state index in [0.29, 0.717) is 22.2 Å². The summed E-state index contributed by atoms with van der Waals surface area (Å²) in [5, 5.41) is 0.948. The van der Waals surface area contributed by atoms with Crippen LogP contribution in [0.5, 0.6) is 0 Å². The lowest BCUT2D eigenvalue weighted by atomic mass is 10.2. The fraction of sp³-hybridized carbons (Fsp3) is 0.533. The van der Waals surface area contributed by atoms with Crippen LogP contribution in [-0.4, -0.2) is 36.6 Å². The highest BCUT2D eigenvalue weighted by atomic mass is 35.5. The van der Waals surface area contributed by atoms with Crippen molar-refractivity contribution in [3.05, 3.63) is 33.8 Å². The van der Waals surface area contributed by atoms with E-state index in [1.807, 2.05) is 4.90 Å². The maximum Gasteiger partial charge on any atom is 0.255 e. The Morgan fingerprint density at radius 1 is 1.30 bits per heavy atom. The fourth-order valence-electron chi connectivity index (χ4n) is 2.44. The minimum Gasteiger partial charge on any atom is -0.376 e. The van der Waals surface area contributed by atoms with Gasteiger partial charge in [0.05, 0.1) is 16.7 Å². The number of halogens is 2. The average molecular weight is 314 g/mol. The lowest BCUT2D eigenvalue weighted by Crippen LogP contribution is -2.30. The first-order valence-electron chi connectivity index (χ1n) is 6.99. The van der Waals surface area contributed by atoms with Gasteiger partial charge in [0.2, 0.25) is 0 Å². The Labute approximate surface area is 128 Å². The van der Waals surface area contributed by atoms with Crippen LogP contribution < -0.4 is 0 Å². The molecule has 0 spiro atoms. The van der Waals surface area contributed by atoms with Crippen LogP contribution in [0.3, 0.4) is 0 Å². The Morgan fingerprint density at radius 2 is 2.10 bits per heavy atom. The van der Waals surface area contributed by atoms with E-state index in [1.54, 1.807) is 18.2 Å². The molecule has 1 atom stereocenters. The van der Waals surface area contributed by atoms with E-state index in [-0.39, 0.29) is 12.0 Å². The maximum absolute atomic E-state index is 12.4. The van der Waals surface area contributed by atoms with Crippen LogP contribution in [-0.2, 0) is 4.74 Å². The van der Waals surface area contributed by atoms with Gasteiger partial charge in [-0.25, -0.2) is 0 Å². The zero-order valence-corrected chi connectivity index (χ0v) is 12.7. The summed E-state index contributed by atoms with van der Waals surface area (Å²) >= 11 is 11.9. The van der Waals surface area contributed by atoms with Gasteiger partial charge in [-0.3, -0.25) is 4.79 Å². The monoisotopic (exact) mass is 313 g/mol. The normalized spacial score (nSPS) is 22.3. The van der Waals surface area contributed by atoms with E-state index in [9.17, 15) is 4.79 Å². The summed E-state index contributed by atoms with van der Waals surface area (Å²) in [6, 6.07) is 4.98. The van der Waals surface area contributed by atoms with E-state index in [2.05, 4.69) is 0 Å². The van der Waals surface area contributed by atoms with Gasteiger partial charge in [0.25, 0.3) is 5.91 Å². The second kappa shape index (κ2) is 5.92. The van der Waals surface area contributed by atoms with Crippen LogP contribution in [0.1, 0.15) is 29.6 Å². The van der Waals surface area contributed by atoms with Crippen LogP contribution in [0.15, 0.2) is 18.2 Å². The molecule has 1 aliphatic carbocycles. The zero-order valence-electron chi connectivity index (χ0n) is 11.1. The van der Waals surface area contributed by atoms with Crippen molar-refractivity contribution in [2.45, 2.75) is 25.4 Å². The second-order valence-corrected chi connectivity index (χ2v) is 6.41. The van der Waals surface area contributed by atoms with Crippen LogP contribution in [0, 0.1) is 5.92 Å². The van der Waals surface area contributed by atoms with Gasteiger partial charge in [0.15, 0.2) is 0 Å². The summed E-state index contributed by atoms with van der Waals surface area (Å²) < 4.78 is 5.84. The van der Waals surface area contributed by atoms with E-state index in [4.69, 9.17) is 27.9 Å². The zero-order chi connectivity index (χ0) is 14.1. The molecule has 2 aliphatic rings. The Hall–Kier alpha value is -0.770.